The normalized spacial score (nSPS) is 12.3. The van der Waals surface area contributed by atoms with Gasteiger partial charge in [0.1, 0.15) is 23.1 Å². The maximum absolute atomic E-state index is 13.7. The van der Waals surface area contributed by atoms with Crippen LogP contribution < -0.4 is 5.32 Å². The molecular formula is C15H13F4NO. The van der Waals surface area contributed by atoms with Gasteiger partial charge in [0, 0.05) is 18.2 Å². The smallest absolute Gasteiger partial charge is 0.152 e. The van der Waals surface area contributed by atoms with Crippen LogP contribution in [0.5, 0.6) is 0 Å². The van der Waals surface area contributed by atoms with Crippen molar-refractivity contribution in [1.29, 1.82) is 0 Å². The van der Waals surface area contributed by atoms with Crippen molar-refractivity contribution in [1.82, 2.24) is 0 Å². The monoisotopic (exact) mass is 299 g/mol. The molecule has 2 rings (SSSR count). The molecule has 112 valence electrons. The zero-order chi connectivity index (χ0) is 15.6. The average Bonchev–Trinajstić information content (AvgIpc) is 2.43. The van der Waals surface area contributed by atoms with Crippen molar-refractivity contribution in [2.24, 2.45) is 0 Å². The lowest BCUT2D eigenvalue weighted by Crippen LogP contribution is -2.15. The molecule has 21 heavy (non-hydrogen) atoms. The van der Waals surface area contributed by atoms with Crippen molar-refractivity contribution >= 4 is 5.69 Å². The predicted molar refractivity (Wildman–Crippen MR) is 70.9 cm³/mol. The van der Waals surface area contributed by atoms with E-state index in [1.54, 1.807) is 0 Å². The van der Waals surface area contributed by atoms with Crippen LogP contribution in [0.2, 0.25) is 0 Å². The molecule has 0 radical (unpaired) electrons. The second-order valence-corrected chi connectivity index (χ2v) is 4.62. The van der Waals surface area contributed by atoms with Crippen LogP contribution in [0, 0.1) is 30.2 Å². The Labute approximate surface area is 119 Å². The van der Waals surface area contributed by atoms with E-state index in [4.69, 9.17) is 0 Å². The first-order valence-electron chi connectivity index (χ1n) is 6.21. The summed E-state index contributed by atoms with van der Waals surface area (Å²) in [4.78, 5) is 0. The molecule has 0 aliphatic rings. The van der Waals surface area contributed by atoms with Crippen LogP contribution in [-0.4, -0.2) is 11.7 Å². The molecule has 0 saturated carbocycles. The summed E-state index contributed by atoms with van der Waals surface area (Å²) in [6.07, 6.45) is -1.37. The Kier molecular flexibility index (Phi) is 4.47. The highest BCUT2D eigenvalue weighted by molar-refractivity contribution is 5.49. The standard InChI is InChI=1S/C15H13F4NO/c1-8-2-5-11(17)15(14(8)19)20-7-13(21)10-4-3-9(16)6-12(10)18/h2-6,13,20-21H,7H2,1H3. The summed E-state index contributed by atoms with van der Waals surface area (Å²) in [5, 5.41) is 12.2. The van der Waals surface area contributed by atoms with Crippen molar-refractivity contribution in [2.75, 3.05) is 11.9 Å². The summed E-state index contributed by atoms with van der Waals surface area (Å²) in [5.74, 6) is -3.28. The first-order chi connectivity index (χ1) is 9.90. The molecule has 0 aliphatic heterocycles. The molecule has 0 spiro atoms. The maximum atomic E-state index is 13.7. The van der Waals surface area contributed by atoms with Gasteiger partial charge in [0.25, 0.3) is 0 Å². The van der Waals surface area contributed by atoms with Gasteiger partial charge in [-0.3, -0.25) is 0 Å². The second kappa shape index (κ2) is 6.13. The number of aryl methyl sites for hydroxylation is 1. The molecule has 2 N–H and O–H groups in total. The molecule has 0 amide bonds. The van der Waals surface area contributed by atoms with Crippen LogP contribution in [0.15, 0.2) is 30.3 Å². The number of aliphatic hydroxyl groups is 1. The van der Waals surface area contributed by atoms with E-state index in [0.717, 1.165) is 18.2 Å². The molecule has 0 heterocycles. The number of nitrogens with one attached hydrogen (secondary N) is 1. The Bertz CT molecular complexity index is 660. The fourth-order valence-electron chi connectivity index (χ4n) is 1.90. The minimum atomic E-state index is -1.37. The topological polar surface area (TPSA) is 32.3 Å². The Morgan fingerprint density at radius 3 is 2.43 bits per heavy atom. The van der Waals surface area contributed by atoms with Gasteiger partial charge in [-0.2, -0.15) is 0 Å². The minimum absolute atomic E-state index is 0.155. The van der Waals surface area contributed by atoms with E-state index >= 15 is 0 Å². The molecule has 6 heteroatoms. The van der Waals surface area contributed by atoms with Gasteiger partial charge < -0.3 is 10.4 Å². The van der Waals surface area contributed by atoms with Crippen LogP contribution >= 0.6 is 0 Å². The third-order valence-electron chi connectivity index (χ3n) is 3.08. The molecule has 1 unspecified atom stereocenters. The summed E-state index contributed by atoms with van der Waals surface area (Å²) in [6.45, 7) is 1.15. The number of aliphatic hydroxyl groups excluding tert-OH is 1. The van der Waals surface area contributed by atoms with Crippen molar-refractivity contribution in [3.05, 3.63) is 64.7 Å². The number of benzene rings is 2. The van der Waals surface area contributed by atoms with E-state index in [0.29, 0.717) is 6.07 Å². The largest absolute Gasteiger partial charge is 0.386 e. The van der Waals surface area contributed by atoms with E-state index in [-0.39, 0.29) is 17.7 Å². The summed E-state index contributed by atoms with van der Waals surface area (Å²) in [5.41, 5.74) is -0.310. The predicted octanol–water partition coefficient (Wildman–Crippen LogP) is 3.70. The quantitative estimate of drug-likeness (QED) is 0.844. The molecule has 2 aromatic rings. The van der Waals surface area contributed by atoms with Crippen LogP contribution in [-0.2, 0) is 0 Å². The van der Waals surface area contributed by atoms with E-state index in [9.17, 15) is 22.7 Å². The number of anilines is 1. The highest BCUT2D eigenvalue weighted by Crippen LogP contribution is 2.24. The summed E-state index contributed by atoms with van der Waals surface area (Å²) >= 11 is 0. The lowest BCUT2D eigenvalue weighted by Gasteiger charge is -2.15. The molecule has 2 aromatic carbocycles. The third kappa shape index (κ3) is 3.33. The van der Waals surface area contributed by atoms with Crippen molar-refractivity contribution in [3.63, 3.8) is 0 Å². The summed E-state index contributed by atoms with van der Waals surface area (Å²) < 4.78 is 53.5. The van der Waals surface area contributed by atoms with Crippen LogP contribution in [0.1, 0.15) is 17.2 Å². The van der Waals surface area contributed by atoms with E-state index < -0.39 is 35.1 Å². The number of hydrogen-bond acceptors (Lipinski definition) is 2. The zero-order valence-corrected chi connectivity index (χ0v) is 11.1. The maximum Gasteiger partial charge on any atom is 0.152 e. The van der Waals surface area contributed by atoms with E-state index in [1.165, 1.54) is 13.0 Å². The molecule has 0 aromatic heterocycles. The van der Waals surface area contributed by atoms with Crippen molar-refractivity contribution in [2.45, 2.75) is 13.0 Å². The number of rotatable bonds is 4. The highest BCUT2D eigenvalue weighted by atomic mass is 19.1. The van der Waals surface area contributed by atoms with Crippen molar-refractivity contribution < 1.29 is 22.7 Å². The van der Waals surface area contributed by atoms with E-state index in [1.807, 2.05) is 0 Å². The first kappa shape index (κ1) is 15.3. The Morgan fingerprint density at radius 1 is 1.05 bits per heavy atom. The van der Waals surface area contributed by atoms with Gasteiger partial charge >= 0.3 is 0 Å². The molecule has 0 bridgehead atoms. The zero-order valence-electron chi connectivity index (χ0n) is 11.1. The molecule has 0 saturated heterocycles. The average molecular weight is 299 g/mol. The van der Waals surface area contributed by atoms with Gasteiger partial charge in [-0.15, -0.1) is 0 Å². The van der Waals surface area contributed by atoms with Crippen LogP contribution in [0.3, 0.4) is 0 Å². The minimum Gasteiger partial charge on any atom is -0.386 e. The Morgan fingerprint density at radius 2 is 1.76 bits per heavy atom. The van der Waals surface area contributed by atoms with Gasteiger partial charge in [-0.05, 0) is 24.6 Å². The fourth-order valence-corrected chi connectivity index (χ4v) is 1.90. The van der Waals surface area contributed by atoms with Gasteiger partial charge in [0.15, 0.2) is 5.82 Å². The summed E-state index contributed by atoms with van der Waals surface area (Å²) in [6, 6.07) is 5.08. The Hall–Kier alpha value is -2.08. The molecular weight excluding hydrogens is 286 g/mol. The lowest BCUT2D eigenvalue weighted by atomic mass is 10.1. The number of hydrogen-bond donors (Lipinski definition) is 2. The van der Waals surface area contributed by atoms with Gasteiger partial charge in [0.05, 0.1) is 6.10 Å². The Balaban J connectivity index is 2.15. The molecule has 0 aliphatic carbocycles. The summed E-state index contributed by atoms with van der Waals surface area (Å²) in [7, 11) is 0. The highest BCUT2D eigenvalue weighted by Gasteiger charge is 2.16. The lowest BCUT2D eigenvalue weighted by molar-refractivity contribution is 0.186. The van der Waals surface area contributed by atoms with Gasteiger partial charge in [-0.25, -0.2) is 17.6 Å². The van der Waals surface area contributed by atoms with Gasteiger partial charge in [-0.1, -0.05) is 12.1 Å². The van der Waals surface area contributed by atoms with E-state index in [2.05, 4.69) is 5.32 Å². The van der Waals surface area contributed by atoms with Crippen LogP contribution in [0.4, 0.5) is 23.2 Å². The molecule has 2 nitrogen and oxygen atoms in total. The first-order valence-corrected chi connectivity index (χ1v) is 6.21. The fraction of sp³-hybridized carbons (Fsp3) is 0.200. The third-order valence-corrected chi connectivity index (χ3v) is 3.08. The molecule has 0 fully saturated rings. The SMILES string of the molecule is Cc1ccc(F)c(NCC(O)c2ccc(F)cc2F)c1F. The second-order valence-electron chi connectivity index (χ2n) is 4.62. The van der Waals surface area contributed by atoms with Gasteiger partial charge in [0.2, 0.25) is 0 Å². The molecule has 1 atom stereocenters. The van der Waals surface area contributed by atoms with Crippen molar-refractivity contribution in [3.8, 4) is 0 Å². The number of halogens is 4. The van der Waals surface area contributed by atoms with Crippen LogP contribution in [0.25, 0.3) is 0 Å².